The Hall–Kier alpha value is -2.57. The van der Waals surface area contributed by atoms with E-state index < -0.39 is 0 Å². The van der Waals surface area contributed by atoms with Gasteiger partial charge < -0.3 is 20.7 Å². The maximum absolute atomic E-state index is 12.6. The minimum atomic E-state index is -0.165. The van der Waals surface area contributed by atoms with Gasteiger partial charge in [-0.15, -0.1) is 12.4 Å². The molecular weight excluding hydrogens is 426 g/mol. The number of anilines is 1. The number of hydrogen-bond acceptors (Lipinski definition) is 4. The van der Waals surface area contributed by atoms with Crippen molar-refractivity contribution in [1.82, 2.24) is 10.6 Å². The normalized spacial score (nSPS) is 22.1. The van der Waals surface area contributed by atoms with Crippen LogP contribution < -0.4 is 20.7 Å². The highest BCUT2D eigenvalue weighted by Gasteiger charge is 2.28. The summed E-state index contributed by atoms with van der Waals surface area (Å²) in [4.78, 5) is 25.2. The molecule has 3 N–H and O–H groups in total. The van der Waals surface area contributed by atoms with E-state index in [9.17, 15) is 9.59 Å². The number of amides is 2. The minimum Gasteiger partial charge on any atom is -0.497 e. The maximum atomic E-state index is 12.6. The Morgan fingerprint density at radius 3 is 2.34 bits per heavy atom. The molecule has 1 saturated carbocycles. The van der Waals surface area contributed by atoms with Crippen molar-refractivity contribution in [2.75, 3.05) is 19.0 Å². The van der Waals surface area contributed by atoms with E-state index in [-0.39, 0.29) is 36.2 Å². The van der Waals surface area contributed by atoms with E-state index in [1.165, 1.54) is 11.1 Å². The smallest absolute Gasteiger partial charge is 0.237 e. The zero-order valence-corrected chi connectivity index (χ0v) is 19.3. The van der Waals surface area contributed by atoms with E-state index in [4.69, 9.17) is 4.74 Å². The number of carbonyl (C=O) groups is 2. The van der Waals surface area contributed by atoms with Gasteiger partial charge >= 0.3 is 0 Å². The molecule has 0 saturated heterocycles. The van der Waals surface area contributed by atoms with E-state index >= 15 is 0 Å². The summed E-state index contributed by atoms with van der Waals surface area (Å²) in [6.07, 6.45) is 4.37. The molecule has 2 amide bonds. The molecule has 0 unspecified atom stereocenters. The van der Waals surface area contributed by atoms with Gasteiger partial charge in [0.1, 0.15) is 5.75 Å². The number of rotatable bonds is 6. The molecule has 1 atom stereocenters. The fourth-order valence-electron chi connectivity index (χ4n) is 4.56. The Labute approximate surface area is 195 Å². The summed E-state index contributed by atoms with van der Waals surface area (Å²) in [5.41, 5.74) is 3.32. The van der Waals surface area contributed by atoms with Crippen LogP contribution in [-0.4, -0.2) is 31.5 Å². The van der Waals surface area contributed by atoms with Crippen LogP contribution in [0, 0.1) is 11.8 Å². The lowest BCUT2D eigenvalue weighted by molar-refractivity contribution is -0.124. The summed E-state index contributed by atoms with van der Waals surface area (Å²) >= 11 is 0. The lowest BCUT2D eigenvalue weighted by atomic mass is 9.81. The maximum Gasteiger partial charge on any atom is 0.237 e. The average Bonchev–Trinajstić information content (AvgIpc) is 2.83. The average molecular weight is 458 g/mol. The van der Waals surface area contributed by atoms with Gasteiger partial charge in [-0.3, -0.25) is 9.59 Å². The second kappa shape index (κ2) is 11.3. The Balaban J connectivity index is 0.00000289. The van der Waals surface area contributed by atoms with E-state index in [2.05, 4.69) is 28.1 Å². The van der Waals surface area contributed by atoms with Crippen LogP contribution in [0.4, 0.5) is 5.69 Å². The Kier molecular flexibility index (Phi) is 8.53. The summed E-state index contributed by atoms with van der Waals surface area (Å²) in [5, 5.41) is 9.48. The van der Waals surface area contributed by atoms with Gasteiger partial charge in [-0.25, -0.2) is 0 Å². The van der Waals surface area contributed by atoms with Crippen molar-refractivity contribution >= 4 is 29.9 Å². The molecule has 2 aliphatic rings. The third-order valence-corrected chi connectivity index (χ3v) is 6.54. The molecule has 172 valence electrons. The third kappa shape index (κ3) is 6.02. The molecule has 0 bridgehead atoms. The fourth-order valence-corrected chi connectivity index (χ4v) is 4.56. The molecule has 32 heavy (non-hydrogen) atoms. The highest BCUT2D eigenvalue weighted by molar-refractivity contribution is 5.92. The molecule has 0 aromatic heterocycles. The number of halogens is 1. The molecule has 7 heteroatoms. The molecule has 1 fully saturated rings. The highest BCUT2D eigenvalue weighted by Crippen LogP contribution is 2.29. The second-order valence-corrected chi connectivity index (χ2v) is 8.59. The van der Waals surface area contributed by atoms with Crippen molar-refractivity contribution in [3.8, 4) is 5.75 Å². The quantitative estimate of drug-likeness (QED) is 0.618. The SMILES string of the molecule is COc1ccc(NC(=O)C2CCC(CNC(=O)[C@@H]3Cc4ccccc4CN3)CC2)cc1.Cl. The van der Waals surface area contributed by atoms with Gasteiger partial charge in [-0.2, -0.15) is 0 Å². The van der Waals surface area contributed by atoms with E-state index in [0.717, 1.165) is 50.1 Å². The van der Waals surface area contributed by atoms with Crippen molar-refractivity contribution in [2.45, 2.75) is 44.7 Å². The van der Waals surface area contributed by atoms with Crippen LogP contribution >= 0.6 is 12.4 Å². The lowest BCUT2D eigenvalue weighted by Gasteiger charge is -2.29. The van der Waals surface area contributed by atoms with E-state index in [0.29, 0.717) is 12.5 Å². The number of ether oxygens (including phenoxy) is 1. The monoisotopic (exact) mass is 457 g/mol. The van der Waals surface area contributed by atoms with Crippen LogP contribution in [0.3, 0.4) is 0 Å². The molecule has 6 nitrogen and oxygen atoms in total. The molecular formula is C25H32ClN3O3. The van der Waals surface area contributed by atoms with Crippen LogP contribution in [0.25, 0.3) is 0 Å². The van der Waals surface area contributed by atoms with Gasteiger partial charge in [0.05, 0.1) is 13.2 Å². The number of benzene rings is 2. The van der Waals surface area contributed by atoms with Crippen molar-refractivity contribution in [2.24, 2.45) is 11.8 Å². The fraction of sp³-hybridized carbons (Fsp3) is 0.440. The zero-order chi connectivity index (χ0) is 21.6. The van der Waals surface area contributed by atoms with Crippen molar-refractivity contribution in [1.29, 1.82) is 0 Å². The van der Waals surface area contributed by atoms with Gasteiger partial charge in [-0.05, 0) is 73.4 Å². The van der Waals surface area contributed by atoms with Crippen LogP contribution in [0.1, 0.15) is 36.8 Å². The molecule has 1 aliphatic heterocycles. The summed E-state index contributed by atoms with van der Waals surface area (Å²) in [6, 6.07) is 15.5. The summed E-state index contributed by atoms with van der Waals surface area (Å²) < 4.78 is 5.15. The molecule has 1 heterocycles. The summed E-state index contributed by atoms with van der Waals surface area (Å²) in [7, 11) is 1.62. The molecule has 2 aromatic carbocycles. The van der Waals surface area contributed by atoms with Gasteiger partial charge in [0, 0.05) is 24.7 Å². The Bertz CT molecular complexity index is 911. The Morgan fingerprint density at radius 2 is 1.66 bits per heavy atom. The van der Waals surface area contributed by atoms with Crippen LogP contribution in [-0.2, 0) is 22.6 Å². The molecule has 2 aromatic rings. The molecule has 4 rings (SSSR count). The number of nitrogens with one attached hydrogen (secondary N) is 3. The summed E-state index contributed by atoms with van der Waals surface area (Å²) in [6.45, 7) is 1.42. The first-order chi connectivity index (χ1) is 15.1. The molecule has 1 aliphatic carbocycles. The number of hydrogen-bond donors (Lipinski definition) is 3. The van der Waals surface area contributed by atoms with Crippen LogP contribution in [0.5, 0.6) is 5.75 Å². The number of methoxy groups -OCH3 is 1. The van der Waals surface area contributed by atoms with Gasteiger partial charge in [-0.1, -0.05) is 24.3 Å². The first-order valence-electron chi connectivity index (χ1n) is 11.1. The van der Waals surface area contributed by atoms with Gasteiger partial charge in [0.15, 0.2) is 0 Å². The van der Waals surface area contributed by atoms with Gasteiger partial charge in [0.25, 0.3) is 0 Å². The first kappa shape index (κ1) is 24.1. The Morgan fingerprint density at radius 1 is 0.969 bits per heavy atom. The predicted molar refractivity (Wildman–Crippen MR) is 128 cm³/mol. The standard InChI is InChI=1S/C25H31N3O3.ClH/c1-31-22-12-10-21(11-13-22)28-24(29)18-8-6-17(7-9-18)15-27-25(30)23-14-19-4-2-3-5-20(19)16-26-23;/h2-5,10-13,17-18,23,26H,6-9,14-16H2,1H3,(H,27,30)(H,28,29);1H/t17?,18?,23-;/m0./s1. The van der Waals surface area contributed by atoms with E-state index in [1.54, 1.807) is 7.11 Å². The molecule has 0 spiro atoms. The number of fused-ring (bicyclic) bond motifs is 1. The second-order valence-electron chi connectivity index (χ2n) is 8.59. The zero-order valence-electron chi connectivity index (χ0n) is 18.4. The molecule has 0 radical (unpaired) electrons. The van der Waals surface area contributed by atoms with E-state index in [1.807, 2.05) is 36.4 Å². The van der Waals surface area contributed by atoms with Crippen molar-refractivity contribution < 1.29 is 14.3 Å². The van der Waals surface area contributed by atoms with Crippen molar-refractivity contribution in [3.05, 3.63) is 59.7 Å². The largest absolute Gasteiger partial charge is 0.497 e. The minimum absolute atomic E-state index is 0. The number of carbonyl (C=O) groups excluding carboxylic acids is 2. The van der Waals surface area contributed by atoms with Crippen LogP contribution in [0.15, 0.2) is 48.5 Å². The third-order valence-electron chi connectivity index (χ3n) is 6.54. The summed E-state index contributed by atoms with van der Waals surface area (Å²) in [5.74, 6) is 1.40. The predicted octanol–water partition coefficient (Wildman–Crippen LogP) is 3.69. The van der Waals surface area contributed by atoms with Crippen molar-refractivity contribution in [3.63, 3.8) is 0 Å². The highest BCUT2D eigenvalue weighted by atomic mass is 35.5. The lowest BCUT2D eigenvalue weighted by Crippen LogP contribution is -2.48. The first-order valence-corrected chi connectivity index (χ1v) is 11.1. The van der Waals surface area contributed by atoms with Crippen LogP contribution in [0.2, 0.25) is 0 Å². The van der Waals surface area contributed by atoms with Gasteiger partial charge in [0.2, 0.25) is 11.8 Å². The topological polar surface area (TPSA) is 79.5 Å².